The number of nitrogens with zero attached hydrogens (tertiary/aromatic N) is 2. The maximum atomic E-state index is 14.8. The van der Waals surface area contributed by atoms with Crippen LogP contribution in [-0.2, 0) is 16.0 Å². The van der Waals surface area contributed by atoms with Gasteiger partial charge >= 0.3 is 5.97 Å². The van der Waals surface area contributed by atoms with Crippen molar-refractivity contribution in [3.05, 3.63) is 35.8 Å². The van der Waals surface area contributed by atoms with Crippen molar-refractivity contribution in [2.45, 2.75) is 76.4 Å². The van der Waals surface area contributed by atoms with Gasteiger partial charge in [-0.25, -0.2) is 4.39 Å². The summed E-state index contributed by atoms with van der Waals surface area (Å²) in [5.41, 5.74) is 0.932. The SMILES string of the molecule is CCOC(=O)C1(CCCc2c(F)cnc3ccc(OC)cc23)CCN(CCSC2CCCCC2)CC1. The summed E-state index contributed by atoms with van der Waals surface area (Å²) in [6.45, 7) is 5.21. The van der Waals surface area contributed by atoms with Gasteiger partial charge in [0.1, 0.15) is 11.6 Å². The average molecular weight is 517 g/mol. The first kappa shape index (κ1) is 27.2. The van der Waals surface area contributed by atoms with Gasteiger partial charge in [-0.3, -0.25) is 9.78 Å². The Hall–Kier alpha value is -1.86. The fraction of sp³-hybridized carbons (Fsp3) is 0.655. The number of pyridine rings is 1. The number of carbonyl (C=O) groups is 1. The lowest BCUT2D eigenvalue weighted by Gasteiger charge is -2.40. The molecule has 1 aromatic carbocycles. The summed E-state index contributed by atoms with van der Waals surface area (Å²) in [5.74, 6) is 1.48. The van der Waals surface area contributed by atoms with E-state index in [-0.39, 0.29) is 11.8 Å². The van der Waals surface area contributed by atoms with E-state index in [0.717, 1.165) is 55.0 Å². The molecule has 0 unspecified atom stereocenters. The van der Waals surface area contributed by atoms with Crippen LogP contribution in [0.3, 0.4) is 0 Å². The molecule has 4 rings (SSSR count). The van der Waals surface area contributed by atoms with Gasteiger partial charge in [0.25, 0.3) is 0 Å². The van der Waals surface area contributed by atoms with Gasteiger partial charge in [0.15, 0.2) is 0 Å². The van der Waals surface area contributed by atoms with Gasteiger partial charge in [-0.05, 0) is 88.7 Å². The van der Waals surface area contributed by atoms with E-state index in [9.17, 15) is 9.18 Å². The Kier molecular flexibility index (Phi) is 9.88. The number of halogens is 1. The number of carbonyl (C=O) groups excluding carboxylic acids is 1. The number of methoxy groups -OCH3 is 1. The summed E-state index contributed by atoms with van der Waals surface area (Å²) in [7, 11) is 1.61. The predicted molar refractivity (Wildman–Crippen MR) is 145 cm³/mol. The number of esters is 1. The van der Waals surface area contributed by atoms with Gasteiger partial charge in [0, 0.05) is 22.9 Å². The van der Waals surface area contributed by atoms with Crippen molar-refractivity contribution in [3.63, 3.8) is 0 Å². The molecule has 0 bridgehead atoms. The minimum Gasteiger partial charge on any atom is -0.497 e. The second-order valence-electron chi connectivity index (χ2n) is 10.3. The second kappa shape index (κ2) is 13.1. The van der Waals surface area contributed by atoms with Crippen molar-refractivity contribution >= 4 is 28.6 Å². The van der Waals surface area contributed by atoms with E-state index < -0.39 is 5.41 Å². The smallest absolute Gasteiger partial charge is 0.312 e. The molecule has 2 aromatic rings. The van der Waals surface area contributed by atoms with E-state index in [2.05, 4.69) is 21.6 Å². The van der Waals surface area contributed by atoms with Gasteiger partial charge < -0.3 is 14.4 Å². The zero-order chi connectivity index (χ0) is 25.4. The normalized spacial score (nSPS) is 18.9. The van der Waals surface area contributed by atoms with Gasteiger partial charge in [-0.15, -0.1) is 0 Å². The largest absolute Gasteiger partial charge is 0.497 e. The Morgan fingerprint density at radius 2 is 2.00 bits per heavy atom. The molecule has 1 aromatic heterocycles. The second-order valence-corrected chi connectivity index (χ2v) is 11.7. The van der Waals surface area contributed by atoms with Gasteiger partial charge in [0.2, 0.25) is 0 Å². The third kappa shape index (κ3) is 6.71. The molecule has 198 valence electrons. The molecule has 2 fully saturated rings. The van der Waals surface area contributed by atoms with Crippen molar-refractivity contribution < 1.29 is 18.7 Å². The molecular weight excluding hydrogens is 475 g/mol. The van der Waals surface area contributed by atoms with Gasteiger partial charge in [0.05, 0.1) is 30.8 Å². The summed E-state index contributed by atoms with van der Waals surface area (Å²) in [6, 6.07) is 5.55. The molecule has 2 heterocycles. The van der Waals surface area contributed by atoms with Crippen LogP contribution in [0.15, 0.2) is 24.4 Å². The number of aromatic nitrogens is 1. The van der Waals surface area contributed by atoms with Crippen LogP contribution in [0.4, 0.5) is 4.39 Å². The molecule has 1 aliphatic heterocycles. The first-order valence-corrected chi connectivity index (χ1v) is 14.7. The van der Waals surface area contributed by atoms with Crippen molar-refractivity contribution in [1.82, 2.24) is 9.88 Å². The zero-order valence-corrected chi connectivity index (χ0v) is 22.7. The van der Waals surface area contributed by atoms with Crippen molar-refractivity contribution in [2.24, 2.45) is 5.41 Å². The van der Waals surface area contributed by atoms with E-state index in [1.54, 1.807) is 7.11 Å². The topological polar surface area (TPSA) is 51.7 Å². The molecule has 0 spiro atoms. The fourth-order valence-electron chi connectivity index (χ4n) is 5.81. The zero-order valence-electron chi connectivity index (χ0n) is 21.9. The Labute approximate surface area is 219 Å². The van der Waals surface area contributed by atoms with Crippen LogP contribution >= 0.6 is 11.8 Å². The summed E-state index contributed by atoms with van der Waals surface area (Å²) < 4.78 is 25.7. The fourth-order valence-corrected chi connectivity index (χ4v) is 7.18. The number of hydrogen-bond donors (Lipinski definition) is 0. The number of rotatable bonds is 11. The first-order valence-electron chi connectivity index (χ1n) is 13.7. The maximum Gasteiger partial charge on any atom is 0.312 e. The minimum atomic E-state index is -0.472. The lowest BCUT2D eigenvalue weighted by atomic mass is 9.74. The molecule has 1 saturated heterocycles. The van der Waals surface area contributed by atoms with E-state index in [4.69, 9.17) is 9.47 Å². The summed E-state index contributed by atoms with van der Waals surface area (Å²) in [5, 5.41) is 1.62. The highest BCUT2D eigenvalue weighted by Gasteiger charge is 2.42. The molecule has 0 atom stereocenters. The third-order valence-corrected chi connectivity index (χ3v) is 9.41. The minimum absolute atomic E-state index is 0.0806. The molecule has 0 radical (unpaired) electrons. The number of ether oxygens (including phenoxy) is 2. The lowest BCUT2D eigenvalue weighted by Crippen LogP contribution is -2.45. The number of piperidine rings is 1. The van der Waals surface area contributed by atoms with Crippen LogP contribution in [0, 0.1) is 11.2 Å². The number of benzene rings is 1. The summed E-state index contributed by atoms with van der Waals surface area (Å²) in [4.78, 5) is 19.8. The third-order valence-electron chi connectivity index (χ3n) is 8.05. The van der Waals surface area contributed by atoms with E-state index in [0.29, 0.717) is 30.8 Å². The number of hydrogen-bond acceptors (Lipinski definition) is 6. The standard InChI is InChI=1S/C29H41FN2O3S/c1-3-35-28(33)29(14-16-32(17-15-29)18-19-36-23-8-5-4-6-9-23)13-7-10-24-25-20-22(34-2)11-12-27(25)31-21-26(24)30/h11-12,20-21,23H,3-10,13-19H2,1-2H3. The molecular formula is C29H41FN2O3S. The van der Waals surface area contributed by atoms with Crippen LogP contribution in [0.2, 0.25) is 0 Å². The van der Waals surface area contributed by atoms with E-state index >= 15 is 0 Å². The molecule has 1 aliphatic carbocycles. The molecule has 36 heavy (non-hydrogen) atoms. The number of thioether (sulfide) groups is 1. The van der Waals surface area contributed by atoms with E-state index in [1.165, 1.54) is 44.1 Å². The number of aryl methyl sites for hydroxylation is 1. The average Bonchev–Trinajstić information content (AvgIpc) is 2.91. The van der Waals surface area contributed by atoms with Gasteiger partial charge in [-0.1, -0.05) is 19.3 Å². The molecule has 2 aliphatic rings. The quantitative estimate of drug-likeness (QED) is 0.322. The summed E-state index contributed by atoms with van der Waals surface area (Å²) in [6.07, 6.45) is 11.8. The van der Waals surface area contributed by atoms with Crippen LogP contribution < -0.4 is 4.74 Å². The highest BCUT2D eigenvalue weighted by molar-refractivity contribution is 7.99. The highest BCUT2D eigenvalue weighted by Crippen LogP contribution is 2.39. The van der Waals surface area contributed by atoms with Crippen LogP contribution in [-0.4, -0.2) is 60.2 Å². The Morgan fingerprint density at radius 1 is 1.22 bits per heavy atom. The van der Waals surface area contributed by atoms with Crippen molar-refractivity contribution in [1.29, 1.82) is 0 Å². The van der Waals surface area contributed by atoms with Crippen molar-refractivity contribution in [2.75, 3.05) is 39.1 Å². The van der Waals surface area contributed by atoms with Crippen LogP contribution in [0.1, 0.15) is 70.3 Å². The summed E-state index contributed by atoms with van der Waals surface area (Å²) >= 11 is 2.14. The molecule has 0 amide bonds. The number of fused-ring (bicyclic) bond motifs is 1. The molecule has 1 saturated carbocycles. The predicted octanol–water partition coefficient (Wildman–Crippen LogP) is 6.42. The van der Waals surface area contributed by atoms with Gasteiger partial charge in [-0.2, -0.15) is 11.8 Å². The first-order chi connectivity index (χ1) is 17.5. The van der Waals surface area contributed by atoms with Crippen molar-refractivity contribution in [3.8, 4) is 5.75 Å². The molecule has 7 heteroatoms. The molecule has 0 N–H and O–H groups in total. The Balaban J connectivity index is 1.35. The van der Waals surface area contributed by atoms with Crippen LogP contribution in [0.25, 0.3) is 10.9 Å². The lowest BCUT2D eigenvalue weighted by molar-refractivity contribution is -0.159. The monoisotopic (exact) mass is 516 g/mol. The van der Waals surface area contributed by atoms with Crippen LogP contribution in [0.5, 0.6) is 5.75 Å². The highest BCUT2D eigenvalue weighted by atomic mass is 32.2. The Morgan fingerprint density at radius 3 is 2.72 bits per heavy atom. The maximum absolute atomic E-state index is 14.8. The number of likely N-dealkylation sites (tertiary alicyclic amines) is 1. The van der Waals surface area contributed by atoms with E-state index in [1.807, 2.05) is 25.1 Å². The Bertz CT molecular complexity index is 1000. The molecule has 5 nitrogen and oxygen atoms in total.